The van der Waals surface area contributed by atoms with E-state index in [1.807, 2.05) is 43.1 Å². The Hall–Kier alpha value is -1.37. The van der Waals surface area contributed by atoms with Gasteiger partial charge in [-0.1, -0.05) is 0 Å². The fourth-order valence-corrected chi connectivity index (χ4v) is 3.06. The number of ether oxygens (including phenoxy) is 1. The van der Waals surface area contributed by atoms with Crippen molar-refractivity contribution in [3.63, 3.8) is 0 Å². The number of likely N-dealkylation sites (N-methyl/N-ethyl adjacent to an activating group) is 1. The first kappa shape index (κ1) is 19.0. The minimum Gasteiger partial charge on any atom is -0.497 e. The predicted octanol–water partition coefficient (Wildman–Crippen LogP) is 3.13. The molecule has 0 aliphatic carbocycles. The van der Waals surface area contributed by atoms with E-state index < -0.39 is 7.82 Å². The highest BCUT2D eigenvalue weighted by Gasteiger charge is 2.23. The van der Waals surface area contributed by atoms with Crippen molar-refractivity contribution in [3.05, 3.63) is 30.0 Å². The maximum atomic E-state index is 12.1. The zero-order valence-electron chi connectivity index (χ0n) is 14.8. The first-order valence-electron chi connectivity index (χ1n) is 7.59. The van der Waals surface area contributed by atoms with Crippen LogP contribution in [0.5, 0.6) is 5.75 Å². The second-order valence-electron chi connectivity index (χ2n) is 5.63. The van der Waals surface area contributed by atoms with Crippen LogP contribution in [0.1, 0.15) is 5.56 Å². The van der Waals surface area contributed by atoms with Crippen LogP contribution in [-0.2, 0) is 31.3 Å². The average Bonchev–Trinajstić information content (AvgIpc) is 2.95. The smallest absolute Gasteiger partial charge is 0.475 e. The molecule has 0 bridgehead atoms. The van der Waals surface area contributed by atoms with Crippen LogP contribution in [0.15, 0.2) is 24.4 Å². The highest BCUT2D eigenvalue weighted by atomic mass is 31.2. The van der Waals surface area contributed by atoms with Crippen LogP contribution in [0.4, 0.5) is 0 Å². The molecule has 0 saturated heterocycles. The number of nitrogens with zero attached hydrogens (tertiary/aromatic N) is 2. The summed E-state index contributed by atoms with van der Waals surface area (Å²) in [5.41, 5.74) is 2.14. The molecule has 2 rings (SSSR count). The molecule has 0 saturated carbocycles. The molecule has 24 heavy (non-hydrogen) atoms. The van der Waals surface area contributed by atoms with Gasteiger partial charge in [-0.3, -0.25) is 13.6 Å². The van der Waals surface area contributed by atoms with Crippen LogP contribution in [0.2, 0.25) is 0 Å². The summed E-state index contributed by atoms with van der Waals surface area (Å²) >= 11 is 0. The topological polar surface area (TPSA) is 62.2 Å². The van der Waals surface area contributed by atoms with Crippen molar-refractivity contribution in [3.8, 4) is 5.75 Å². The van der Waals surface area contributed by atoms with Crippen molar-refractivity contribution in [1.82, 2.24) is 9.47 Å². The Morgan fingerprint density at radius 2 is 1.88 bits per heavy atom. The van der Waals surface area contributed by atoms with Crippen molar-refractivity contribution in [2.45, 2.75) is 13.2 Å². The van der Waals surface area contributed by atoms with Gasteiger partial charge in [0.15, 0.2) is 0 Å². The highest BCUT2D eigenvalue weighted by molar-refractivity contribution is 7.48. The van der Waals surface area contributed by atoms with Gasteiger partial charge >= 0.3 is 7.82 Å². The molecule has 8 heteroatoms. The number of hydrogen-bond acceptors (Lipinski definition) is 6. The van der Waals surface area contributed by atoms with E-state index in [4.69, 9.17) is 18.3 Å². The quantitative estimate of drug-likeness (QED) is 0.644. The van der Waals surface area contributed by atoms with Gasteiger partial charge in [0.25, 0.3) is 0 Å². The second kappa shape index (κ2) is 8.14. The van der Waals surface area contributed by atoms with Gasteiger partial charge in [-0.2, -0.15) is 0 Å². The van der Waals surface area contributed by atoms with Gasteiger partial charge in [0.2, 0.25) is 0 Å². The van der Waals surface area contributed by atoms with Crippen molar-refractivity contribution in [2.75, 3.05) is 42.0 Å². The molecule has 0 unspecified atom stereocenters. The third-order valence-electron chi connectivity index (χ3n) is 3.80. The number of methoxy groups -OCH3 is 1. The Labute approximate surface area is 142 Å². The fraction of sp³-hybridized carbons (Fsp3) is 0.500. The lowest BCUT2D eigenvalue weighted by Crippen LogP contribution is -2.14. The monoisotopic (exact) mass is 356 g/mol. The Morgan fingerprint density at radius 3 is 2.46 bits per heavy atom. The van der Waals surface area contributed by atoms with Gasteiger partial charge in [-0.05, 0) is 38.2 Å². The number of hydrogen-bond donors (Lipinski definition) is 0. The summed E-state index contributed by atoms with van der Waals surface area (Å²) in [6.07, 6.45) is 2.90. The molecule has 7 nitrogen and oxygen atoms in total. The van der Waals surface area contributed by atoms with Crippen molar-refractivity contribution >= 4 is 18.7 Å². The summed E-state index contributed by atoms with van der Waals surface area (Å²) < 4.78 is 34.3. The van der Waals surface area contributed by atoms with Crippen molar-refractivity contribution in [1.29, 1.82) is 0 Å². The van der Waals surface area contributed by atoms with E-state index in [0.717, 1.165) is 29.6 Å². The molecule has 0 aliphatic rings. The summed E-state index contributed by atoms with van der Waals surface area (Å²) in [6, 6.07) is 5.90. The molecule has 0 aliphatic heterocycles. The number of aromatic nitrogens is 1. The first-order chi connectivity index (χ1) is 11.4. The first-order valence-corrected chi connectivity index (χ1v) is 9.05. The number of benzene rings is 1. The van der Waals surface area contributed by atoms with E-state index >= 15 is 0 Å². The number of phosphoric acid groups is 1. The summed E-state index contributed by atoms with van der Waals surface area (Å²) in [6.45, 7) is 0.991. The molecule has 0 radical (unpaired) electrons. The Morgan fingerprint density at radius 1 is 1.17 bits per heavy atom. The maximum absolute atomic E-state index is 12.1. The molecular weight excluding hydrogens is 331 g/mol. The third kappa shape index (κ3) is 4.37. The van der Waals surface area contributed by atoms with Gasteiger partial charge in [-0.15, -0.1) is 0 Å². The Kier molecular flexibility index (Phi) is 6.43. The molecule has 1 aromatic carbocycles. The maximum Gasteiger partial charge on any atom is 0.475 e. The Balaban J connectivity index is 2.34. The number of fused-ring (bicyclic) bond motifs is 1. The summed E-state index contributed by atoms with van der Waals surface area (Å²) in [7, 11) is 4.77. The van der Waals surface area contributed by atoms with Crippen molar-refractivity contribution in [2.24, 2.45) is 0 Å². The summed E-state index contributed by atoms with van der Waals surface area (Å²) in [5.74, 6) is 0.752. The largest absolute Gasteiger partial charge is 0.497 e. The normalized spacial score (nSPS) is 12.2. The van der Waals surface area contributed by atoms with Gasteiger partial charge in [0, 0.05) is 38.4 Å². The molecule has 0 spiro atoms. The van der Waals surface area contributed by atoms with Gasteiger partial charge in [0.1, 0.15) is 12.5 Å². The lowest BCUT2D eigenvalue weighted by molar-refractivity contribution is 0.122. The van der Waals surface area contributed by atoms with Crippen LogP contribution >= 0.6 is 7.82 Å². The lowest BCUT2D eigenvalue weighted by Gasteiger charge is -2.14. The minimum absolute atomic E-state index is 0.0601. The number of phosphoric ester groups is 1. The zero-order chi connectivity index (χ0) is 17.7. The standard InChI is InChI=1S/C16H25N2O5P/c1-17(2)9-8-13-11-18(12-23-24(19,21-4)22-5)16-10-14(20-3)6-7-15(13)16/h6-7,10-11H,8-9,12H2,1-5H3. The molecule has 0 N–H and O–H groups in total. The molecular formula is C16H25N2O5P. The van der Waals surface area contributed by atoms with Crippen LogP contribution in [0.3, 0.4) is 0 Å². The van der Waals surface area contributed by atoms with Crippen molar-refractivity contribution < 1.29 is 22.9 Å². The average molecular weight is 356 g/mol. The minimum atomic E-state index is -3.53. The predicted molar refractivity (Wildman–Crippen MR) is 93.5 cm³/mol. The third-order valence-corrected chi connectivity index (χ3v) is 5.13. The van der Waals surface area contributed by atoms with Crippen LogP contribution in [0.25, 0.3) is 10.9 Å². The second-order valence-corrected chi connectivity index (χ2v) is 7.51. The van der Waals surface area contributed by atoms with E-state index in [1.54, 1.807) is 7.11 Å². The molecule has 0 amide bonds. The van der Waals surface area contributed by atoms with Gasteiger partial charge < -0.3 is 14.2 Å². The Bertz CT molecular complexity index is 721. The van der Waals surface area contributed by atoms with E-state index in [2.05, 4.69) is 4.90 Å². The van der Waals surface area contributed by atoms with Gasteiger partial charge in [-0.25, -0.2) is 4.57 Å². The van der Waals surface area contributed by atoms with E-state index in [-0.39, 0.29) is 6.73 Å². The van der Waals surface area contributed by atoms with Gasteiger partial charge in [0.05, 0.1) is 12.6 Å². The molecule has 134 valence electrons. The molecule has 0 fully saturated rings. The highest BCUT2D eigenvalue weighted by Crippen LogP contribution is 2.48. The van der Waals surface area contributed by atoms with E-state index in [0.29, 0.717) is 0 Å². The zero-order valence-corrected chi connectivity index (χ0v) is 15.7. The summed E-state index contributed by atoms with van der Waals surface area (Å²) in [4.78, 5) is 2.13. The number of rotatable bonds is 9. The SMILES string of the molecule is COc1ccc2c(CCN(C)C)cn(COP(=O)(OC)OC)c2c1. The molecule has 1 heterocycles. The van der Waals surface area contributed by atoms with Crippen LogP contribution < -0.4 is 4.74 Å². The summed E-state index contributed by atoms with van der Waals surface area (Å²) in [5, 5.41) is 1.12. The molecule has 1 aromatic heterocycles. The fourth-order valence-electron chi connectivity index (χ4n) is 2.44. The lowest BCUT2D eigenvalue weighted by atomic mass is 10.1. The molecule has 2 aromatic rings. The van der Waals surface area contributed by atoms with Crippen LogP contribution in [0, 0.1) is 0 Å². The van der Waals surface area contributed by atoms with Crippen LogP contribution in [-0.4, -0.2) is 51.4 Å². The molecule has 0 atom stereocenters. The van der Waals surface area contributed by atoms with E-state index in [9.17, 15) is 4.57 Å². The van der Waals surface area contributed by atoms with E-state index in [1.165, 1.54) is 19.8 Å².